The minimum atomic E-state index is -0.315. The number of amides is 1. The van der Waals surface area contributed by atoms with E-state index in [2.05, 4.69) is 5.10 Å². The van der Waals surface area contributed by atoms with Crippen molar-refractivity contribution in [1.29, 1.82) is 0 Å². The van der Waals surface area contributed by atoms with Crippen molar-refractivity contribution in [3.05, 3.63) is 88.8 Å². The Labute approximate surface area is 161 Å². The Morgan fingerprint density at radius 1 is 1.15 bits per heavy atom. The Balaban J connectivity index is 1.78. The third-order valence-electron chi connectivity index (χ3n) is 4.53. The normalized spacial score (nSPS) is 16.3. The van der Waals surface area contributed by atoms with Gasteiger partial charge in [0.1, 0.15) is 17.2 Å². The zero-order chi connectivity index (χ0) is 18.8. The number of para-hydroxylation sites is 1. The van der Waals surface area contributed by atoms with Crippen LogP contribution < -0.4 is 4.74 Å². The molecule has 2 aromatic carbocycles. The Bertz CT molecular complexity index is 998. The first-order chi connectivity index (χ1) is 13.2. The number of benzene rings is 2. The number of nitrogens with zero attached hydrogens (tertiary/aromatic N) is 2. The number of hydrogen-bond acceptors (Lipinski definition) is 4. The summed E-state index contributed by atoms with van der Waals surface area (Å²) in [4.78, 5) is 13.2. The highest BCUT2D eigenvalue weighted by Gasteiger charge is 2.36. The second-order valence-corrected chi connectivity index (χ2v) is 6.52. The lowest BCUT2D eigenvalue weighted by Crippen LogP contribution is -2.27. The lowest BCUT2D eigenvalue weighted by Gasteiger charge is -2.24. The van der Waals surface area contributed by atoms with Crippen LogP contribution in [0.3, 0.4) is 0 Å². The van der Waals surface area contributed by atoms with Gasteiger partial charge in [-0.2, -0.15) is 5.10 Å². The molecular formula is C21H17ClN2O3. The molecular weight excluding hydrogens is 364 g/mol. The van der Waals surface area contributed by atoms with Crippen LogP contribution in [0.15, 0.2) is 76.4 Å². The molecule has 0 saturated carbocycles. The summed E-state index contributed by atoms with van der Waals surface area (Å²) in [6, 6.07) is 17.9. The molecule has 2 heterocycles. The molecule has 0 radical (unpaired) electrons. The molecule has 3 aromatic rings. The molecule has 136 valence electrons. The lowest BCUT2D eigenvalue weighted by molar-refractivity contribution is 0.0709. The molecule has 1 amide bonds. The average molecular weight is 381 g/mol. The zero-order valence-electron chi connectivity index (χ0n) is 14.6. The van der Waals surface area contributed by atoms with Crippen LogP contribution in [0.2, 0.25) is 5.02 Å². The maximum atomic E-state index is 13.2. The van der Waals surface area contributed by atoms with E-state index >= 15 is 0 Å². The predicted octanol–water partition coefficient (Wildman–Crippen LogP) is 4.93. The van der Waals surface area contributed by atoms with Crippen molar-refractivity contribution >= 4 is 23.2 Å². The molecule has 6 heteroatoms. The summed E-state index contributed by atoms with van der Waals surface area (Å²) in [5.74, 6) is 1.08. The number of furan rings is 1. The van der Waals surface area contributed by atoms with Gasteiger partial charge in [0.2, 0.25) is 0 Å². The number of methoxy groups -OCH3 is 1. The first-order valence-corrected chi connectivity index (χ1v) is 8.89. The summed E-state index contributed by atoms with van der Waals surface area (Å²) in [7, 11) is 1.61. The molecule has 1 aliphatic heterocycles. The van der Waals surface area contributed by atoms with E-state index < -0.39 is 0 Å². The van der Waals surface area contributed by atoms with Gasteiger partial charge in [-0.15, -0.1) is 0 Å². The van der Waals surface area contributed by atoms with Crippen LogP contribution in [0.4, 0.5) is 0 Å². The van der Waals surface area contributed by atoms with Gasteiger partial charge >= 0.3 is 0 Å². The third kappa shape index (κ3) is 3.22. The molecule has 1 aliphatic rings. The highest BCUT2D eigenvalue weighted by atomic mass is 35.5. The maximum absolute atomic E-state index is 13.2. The smallest absolute Gasteiger partial charge is 0.276 e. The van der Waals surface area contributed by atoms with Gasteiger partial charge < -0.3 is 9.15 Å². The zero-order valence-corrected chi connectivity index (χ0v) is 15.4. The van der Waals surface area contributed by atoms with Crippen LogP contribution in [0.5, 0.6) is 5.75 Å². The number of carbonyl (C=O) groups excluding carboxylic acids is 1. The molecule has 0 bridgehead atoms. The molecule has 27 heavy (non-hydrogen) atoms. The van der Waals surface area contributed by atoms with Crippen LogP contribution in [-0.2, 0) is 0 Å². The second-order valence-electron chi connectivity index (χ2n) is 6.12. The quantitative estimate of drug-likeness (QED) is 0.644. The first kappa shape index (κ1) is 17.4. The number of carbonyl (C=O) groups is 1. The van der Waals surface area contributed by atoms with Gasteiger partial charge in [-0.05, 0) is 30.3 Å². The Hall–Kier alpha value is -3.05. The molecule has 0 aliphatic carbocycles. The van der Waals surface area contributed by atoms with Crippen molar-refractivity contribution in [1.82, 2.24) is 5.01 Å². The molecule has 1 atom stereocenters. The monoisotopic (exact) mass is 380 g/mol. The van der Waals surface area contributed by atoms with Crippen molar-refractivity contribution in [3.63, 3.8) is 0 Å². The SMILES string of the molecule is COc1ccccc1[C@@H]1CC(c2ccco2)=NN1C(=O)c1ccccc1Cl. The summed E-state index contributed by atoms with van der Waals surface area (Å²) in [6.45, 7) is 0. The summed E-state index contributed by atoms with van der Waals surface area (Å²) in [5, 5.41) is 6.43. The van der Waals surface area contributed by atoms with Gasteiger partial charge in [0.15, 0.2) is 0 Å². The number of halogens is 1. The van der Waals surface area contributed by atoms with Gasteiger partial charge in [-0.1, -0.05) is 41.9 Å². The van der Waals surface area contributed by atoms with Gasteiger partial charge in [-0.3, -0.25) is 4.79 Å². The molecule has 0 N–H and O–H groups in total. The van der Waals surface area contributed by atoms with E-state index in [-0.39, 0.29) is 11.9 Å². The molecule has 0 fully saturated rings. The van der Waals surface area contributed by atoms with Gasteiger partial charge in [-0.25, -0.2) is 5.01 Å². The fourth-order valence-electron chi connectivity index (χ4n) is 3.23. The van der Waals surface area contributed by atoms with E-state index in [9.17, 15) is 4.79 Å². The van der Waals surface area contributed by atoms with Crippen molar-refractivity contribution in [3.8, 4) is 5.75 Å². The molecule has 0 unspecified atom stereocenters. The van der Waals surface area contributed by atoms with Crippen molar-refractivity contribution in [2.75, 3.05) is 7.11 Å². The van der Waals surface area contributed by atoms with Gasteiger partial charge in [0, 0.05) is 12.0 Å². The fourth-order valence-corrected chi connectivity index (χ4v) is 3.45. The van der Waals surface area contributed by atoms with E-state index in [4.69, 9.17) is 20.8 Å². The van der Waals surface area contributed by atoms with Crippen LogP contribution in [-0.4, -0.2) is 23.7 Å². The number of hydrazone groups is 1. The van der Waals surface area contributed by atoms with Crippen LogP contribution in [0, 0.1) is 0 Å². The fraction of sp³-hybridized carbons (Fsp3) is 0.143. The topological polar surface area (TPSA) is 55.0 Å². The average Bonchev–Trinajstić information content (AvgIpc) is 3.37. The summed E-state index contributed by atoms with van der Waals surface area (Å²) >= 11 is 6.25. The van der Waals surface area contributed by atoms with E-state index in [1.807, 2.05) is 30.3 Å². The van der Waals surface area contributed by atoms with Crippen molar-refractivity contribution < 1.29 is 13.9 Å². The minimum Gasteiger partial charge on any atom is -0.496 e. The maximum Gasteiger partial charge on any atom is 0.276 e. The van der Waals surface area contributed by atoms with Crippen LogP contribution in [0.1, 0.15) is 34.1 Å². The van der Waals surface area contributed by atoms with Gasteiger partial charge in [0.05, 0.1) is 30.0 Å². The predicted molar refractivity (Wildman–Crippen MR) is 103 cm³/mol. The van der Waals surface area contributed by atoms with Crippen LogP contribution >= 0.6 is 11.6 Å². The molecule has 5 nitrogen and oxygen atoms in total. The number of ether oxygens (including phenoxy) is 1. The highest BCUT2D eigenvalue weighted by molar-refractivity contribution is 6.33. The third-order valence-corrected chi connectivity index (χ3v) is 4.86. The summed E-state index contributed by atoms with van der Waals surface area (Å²) in [5.41, 5.74) is 1.99. The summed E-state index contributed by atoms with van der Waals surface area (Å²) in [6.07, 6.45) is 2.11. The molecule has 1 aromatic heterocycles. The largest absolute Gasteiger partial charge is 0.496 e. The first-order valence-electron chi connectivity index (χ1n) is 8.51. The van der Waals surface area contributed by atoms with Crippen molar-refractivity contribution in [2.24, 2.45) is 5.10 Å². The van der Waals surface area contributed by atoms with E-state index in [1.54, 1.807) is 43.7 Å². The highest BCUT2D eigenvalue weighted by Crippen LogP contribution is 2.38. The van der Waals surface area contributed by atoms with Crippen molar-refractivity contribution in [2.45, 2.75) is 12.5 Å². The van der Waals surface area contributed by atoms with E-state index in [0.29, 0.717) is 34.2 Å². The standard InChI is InChI=1S/C21H17ClN2O3/c1-26-19-10-5-3-8-15(19)18-13-17(20-11-6-12-27-20)23-24(18)21(25)14-7-2-4-9-16(14)22/h2-12,18H,13H2,1H3/t18-/m0/s1. The molecule has 0 spiro atoms. The molecule has 4 rings (SSSR count). The van der Waals surface area contributed by atoms with Crippen LogP contribution in [0.25, 0.3) is 0 Å². The van der Waals surface area contributed by atoms with Gasteiger partial charge in [0.25, 0.3) is 5.91 Å². The minimum absolute atomic E-state index is 0.266. The number of rotatable bonds is 4. The van der Waals surface area contributed by atoms with E-state index in [1.165, 1.54) is 5.01 Å². The lowest BCUT2D eigenvalue weighted by atomic mass is 9.99. The Kier molecular flexibility index (Phi) is 4.69. The second kappa shape index (κ2) is 7.29. The van der Waals surface area contributed by atoms with E-state index in [0.717, 1.165) is 5.56 Å². The number of hydrogen-bond donors (Lipinski definition) is 0. The Morgan fingerprint density at radius 2 is 1.93 bits per heavy atom. The molecule has 0 saturated heterocycles. The summed E-state index contributed by atoms with van der Waals surface area (Å²) < 4.78 is 11.0. The Morgan fingerprint density at radius 3 is 2.67 bits per heavy atom.